The molecule has 0 aromatic carbocycles. The third-order valence-electron chi connectivity index (χ3n) is 4.15. The van der Waals surface area contributed by atoms with Crippen LogP contribution in [0.2, 0.25) is 0 Å². The second-order valence-electron chi connectivity index (χ2n) is 5.68. The zero-order valence-electron chi connectivity index (χ0n) is 12.7. The topological polar surface area (TPSA) is 49.6 Å². The second kappa shape index (κ2) is 9.32. The van der Waals surface area contributed by atoms with Gasteiger partial charge in [-0.3, -0.25) is 9.69 Å². The molecule has 0 saturated carbocycles. The van der Waals surface area contributed by atoms with Gasteiger partial charge >= 0.3 is 0 Å². The van der Waals surface area contributed by atoms with E-state index in [4.69, 9.17) is 5.73 Å². The molecule has 1 aliphatic heterocycles. The van der Waals surface area contributed by atoms with Gasteiger partial charge in [0.15, 0.2) is 0 Å². The number of unbranched alkanes of at least 4 members (excludes halogenated alkanes) is 3. The molecular weight excluding hydrogens is 238 g/mol. The average Bonchev–Trinajstić information content (AvgIpc) is 2.46. The van der Waals surface area contributed by atoms with Gasteiger partial charge in [0.2, 0.25) is 5.91 Å². The molecule has 0 radical (unpaired) electrons. The summed E-state index contributed by atoms with van der Waals surface area (Å²) in [4.78, 5) is 16.6. The molecule has 19 heavy (non-hydrogen) atoms. The van der Waals surface area contributed by atoms with Crippen molar-refractivity contribution >= 4 is 5.91 Å². The number of rotatable bonds is 8. The third kappa shape index (κ3) is 5.91. The number of amides is 1. The van der Waals surface area contributed by atoms with E-state index < -0.39 is 0 Å². The first-order chi connectivity index (χ1) is 9.19. The quantitative estimate of drug-likeness (QED) is 0.682. The molecule has 4 nitrogen and oxygen atoms in total. The van der Waals surface area contributed by atoms with E-state index in [1.54, 1.807) is 0 Å². The Morgan fingerprint density at radius 3 is 2.32 bits per heavy atom. The van der Waals surface area contributed by atoms with Crippen molar-refractivity contribution in [2.75, 3.05) is 39.3 Å². The molecule has 1 aliphatic rings. The normalized spacial score (nSPS) is 18.6. The molecule has 1 fully saturated rings. The molecule has 1 atom stereocenters. The lowest BCUT2D eigenvalue weighted by Crippen LogP contribution is -2.50. The van der Waals surface area contributed by atoms with Gasteiger partial charge in [-0.1, -0.05) is 26.7 Å². The van der Waals surface area contributed by atoms with Gasteiger partial charge in [-0.15, -0.1) is 0 Å². The van der Waals surface area contributed by atoms with Gasteiger partial charge in [0, 0.05) is 32.1 Å². The SMILES string of the molecule is CCC(C)C(=O)N1CCN(CCCCCCN)CC1. The number of hydrogen-bond acceptors (Lipinski definition) is 3. The van der Waals surface area contributed by atoms with Crippen molar-refractivity contribution in [2.24, 2.45) is 11.7 Å². The van der Waals surface area contributed by atoms with E-state index in [0.717, 1.165) is 45.6 Å². The van der Waals surface area contributed by atoms with Crippen molar-refractivity contribution in [3.63, 3.8) is 0 Å². The zero-order chi connectivity index (χ0) is 14.1. The molecule has 0 aromatic heterocycles. The number of hydrogen-bond donors (Lipinski definition) is 1. The van der Waals surface area contributed by atoms with Crippen LogP contribution < -0.4 is 5.73 Å². The van der Waals surface area contributed by atoms with Gasteiger partial charge in [0.05, 0.1) is 0 Å². The molecule has 4 heteroatoms. The Morgan fingerprint density at radius 1 is 1.11 bits per heavy atom. The van der Waals surface area contributed by atoms with Gasteiger partial charge in [0.25, 0.3) is 0 Å². The summed E-state index contributed by atoms with van der Waals surface area (Å²) >= 11 is 0. The van der Waals surface area contributed by atoms with Gasteiger partial charge in [0.1, 0.15) is 0 Å². The maximum absolute atomic E-state index is 12.1. The highest BCUT2D eigenvalue weighted by Gasteiger charge is 2.23. The minimum Gasteiger partial charge on any atom is -0.340 e. The summed E-state index contributed by atoms with van der Waals surface area (Å²) in [5.74, 6) is 0.521. The van der Waals surface area contributed by atoms with E-state index in [2.05, 4.69) is 11.8 Å². The monoisotopic (exact) mass is 269 g/mol. The Labute approximate surface area is 118 Å². The summed E-state index contributed by atoms with van der Waals surface area (Å²) in [6.45, 7) is 10.0. The molecule has 0 bridgehead atoms. The van der Waals surface area contributed by atoms with E-state index in [-0.39, 0.29) is 5.92 Å². The van der Waals surface area contributed by atoms with E-state index in [0.29, 0.717) is 5.91 Å². The first-order valence-corrected chi connectivity index (χ1v) is 7.90. The van der Waals surface area contributed by atoms with Crippen LogP contribution in [0.1, 0.15) is 46.0 Å². The van der Waals surface area contributed by atoms with Crippen LogP contribution in [0.4, 0.5) is 0 Å². The van der Waals surface area contributed by atoms with Crippen LogP contribution in [-0.2, 0) is 4.79 Å². The first kappa shape index (κ1) is 16.4. The minimum absolute atomic E-state index is 0.183. The van der Waals surface area contributed by atoms with Crippen molar-refractivity contribution in [3.8, 4) is 0 Å². The summed E-state index contributed by atoms with van der Waals surface area (Å²) < 4.78 is 0. The Balaban J connectivity index is 2.13. The van der Waals surface area contributed by atoms with Crippen molar-refractivity contribution in [1.82, 2.24) is 9.80 Å². The molecule has 0 aromatic rings. The van der Waals surface area contributed by atoms with Crippen LogP contribution >= 0.6 is 0 Å². The van der Waals surface area contributed by atoms with E-state index >= 15 is 0 Å². The zero-order valence-corrected chi connectivity index (χ0v) is 12.7. The average molecular weight is 269 g/mol. The van der Waals surface area contributed by atoms with Crippen LogP contribution in [-0.4, -0.2) is 55.0 Å². The highest BCUT2D eigenvalue weighted by atomic mass is 16.2. The Morgan fingerprint density at radius 2 is 1.74 bits per heavy atom. The summed E-state index contributed by atoms with van der Waals surface area (Å²) in [6, 6.07) is 0. The maximum atomic E-state index is 12.1. The molecule has 1 heterocycles. The van der Waals surface area contributed by atoms with Crippen molar-refractivity contribution in [1.29, 1.82) is 0 Å². The fourth-order valence-electron chi connectivity index (χ4n) is 2.51. The molecule has 0 spiro atoms. The van der Waals surface area contributed by atoms with Crippen LogP contribution in [0.5, 0.6) is 0 Å². The number of piperazine rings is 1. The first-order valence-electron chi connectivity index (χ1n) is 7.90. The molecule has 1 unspecified atom stereocenters. The summed E-state index contributed by atoms with van der Waals surface area (Å²) in [5, 5.41) is 0. The van der Waals surface area contributed by atoms with E-state index in [9.17, 15) is 4.79 Å². The Kier molecular flexibility index (Phi) is 8.07. The van der Waals surface area contributed by atoms with Gasteiger partial charge in [-0.2, -0.15) is 0 Å². The molecular formula is C15H31N3O. The van der Waals surface area contributed by atoms with Crippen LogP contribution in [0, 0.1) is 5.92 Å². The number of carbonyl (C=O) groups excluding carboxylic acids is 1. The van der Waals surface area contributed by atoms with Crippen molar-refractivity contribution < 1.29 is 4.79 Å². The highest BCUT2D eigenvalue weighted by molar-refractivity contribution is 5.78. The maximum Gasteiger partial charge on any atom is 0.225 e. The highest BCUT2D eigenvalue weighted by Crippen LogP contribution is 2.11. The molecule has 1 rings (SSSR count). The number of carbonyl (C=O) groups is 1. The standard InChI is InChI=1S/C15H31N3O/c1-3-14(2)15(19)18-12-10-17(11-13-18)9-7-5-4-6-8-16/h14H,3-13,16H2,1-2H3. The Hall–Kier alpha value is -0.610. The summed E-state index contributed by atoms with van der Waals surface area (Å²) in [6.07, 6.45) is 5.89. The molecule has 1 amide bonds. The van der Waals surface area contributed by atoms with Crippen LogP contribution in [0.25, 0.3) is 0 Å². The summed E-state index contributed by atoms with van der Waals surface area (Å²) in [5.41, 5.74) is 5.49. The Bertz CT molecular complexity index is 250. The van der Waals surface area contributed by atoms with Gasteiger partial charge in [-0.05, 0) is 32.4 Å². The number of nitrogens with zero attached hydrogens (tertiary/aromatic N) is 2. The largest absolute Gasteiger partial charge is 0.340 e. The lowest BCUT2D eigenvalue weighted by atomic mass is 10.1. The number of nitrogens with two attached hydrogens (primary N) is 1. The lowest BCUT2D eigenvalue weighted by Gasteiger charge is -2.36. The van der Waals surface area contributed by atoms with Gasteiger partial charge in [-0.25, -0.2) is 0 Å². The van der Waals surface area contributed by atoms with Gasteiger partial charge < -0.3 is 10.6 Å². The molecule has 0 aliphatic carbocycles. The predicted octanol–water partition coefficient (Wildman–Crippen LogP) is 1.70. The van der Waals surface area contributed by atoms with Crippen molar-refractivity contribution in [2.45, 2.75) is 46.0 Å². The second-order valence-corrected chi connectivity index (χ2v) is 5.68. The predicted molar refractivity (Wildman–Crippen MR) is 80.0 cm³/mol. The fourth-order valence-corrected chi connectivity index (χ4v) is 2.51. The molecule has 112 valence electrons. The minimum atomic E-state index is 0.183. The molecule has 2 N–H and O–H groups in total. The molecule has 1 saturated heterocycles. The van der Waals surface area contributed by atoms with Crippen LogP contribution in [0.15, 0.2) is 0 Å². The van der Waals surface area contributed by atoms with E-state index in [1.165, 1.54) is 25.8 Å². The third-order valence-corrected chi connectivity index (χ3v) is 4.15. The van der Waals surface area contributed by atoms with Crippen LogP contribution in [0.3, 0.4) is 0 Å². The smallest absolute Gasteiger partial charge is 0.225 e. The fraction of sp³-hybridized carbons (Fsp3) is 0.933. The lowest BCUT2D eigenvalue weighted by molar-refractivity contribution is -0.136. The van der Waals surface area contributed by atoms with Crippen molar-refractivity contribution in [3.05, 3.63) is 0 Å². The summed E-state index contributed by atoms with van der Waals surface area (Å²) in [7, 11) is 0. The van der Waals surface area contributed by atoms with E-state index in [1.807, 2.05) is 11.8 Å².